The highest BCUT2D eigenvalue weighted by molar-refractivity contribution is 7.89. The fraction of sp³-hybridized carbons (Fsp3) is 0.278. The third-order valence-corrected chi connectivity index (χ3v) is 6.07. The molecule has 27 heavy (non-hydrogen) atoms. The summed E-state index contributed by atoms with van der Waals surface area (Å²) < 4.78 is 26.8. The molecule has 0 aromatic heterocycles. The number of hydrogen-bond donors (Lipinski definition) is 3. The first kappa shape index (κ1) is 22.8. The number of hydrogen-bond acceptors (Lipinski definition) is 5. The number of nitrogens with two attached hydrogens (primary N) is 1. The van der Waals surface area contributed by atoms with Crippen LogP contribution in [0.25, 0.3) is 0 Å². The van der Waals surface area contributed by atoms with Gasteiger partial charge in [-0.25, -0.2) is 8.42 Å². The van der Waals surface area contributed by atoms with E-state index < -0.39 is 10.0 Å². The average molecular weight is 413 g/mol. The van der Waals surface area contributed by atoms with E-state index in [1.54, 1.807) is 51.2 Å². The molecule has 1 amide bonds. The van der Waals surface area contributed by atoms with Crippen molar-refractivity contribution in [1.29, 1.82) is 0 Å². The molecule has 0 spiro atoms. The van der Waals surface area contributed by atoms with E-state index >= 15 is 0 Å². The summed E-state index contributed by atoms with van der Waals surface area (Å²) in [6.45, 7) is 4.32. The Morgan fingerprint density at radius 2 is 1.63 bits per heavy atom. The normalized spacial score (nSPS) is 11.0. The van der Waals surface area contributed by atoms with E-state index in [1.807, 2.05) is 0 Å². The Hall–Kier alpha value is -2.29. The van der Waals surface area contributed by atoms with Crippen molar-refractivity contribution in [3.63, 3.8) is 0 Å². The zero-order valence-corrected chi connectivity index (χ0v) is 17.2. The van der Waals surface area contributed by atoms with E-state index in [9.17, 15) is 13.2 Å². The van der Waals surface area contributed by atoms with Crippen molar-refractivity contribution in [2.75, 3.05) is 36.5 Å². The van der Waals surface area contributed by atoms with Gasteiger partial charge in [0.15, 0.2) is 0 Å². The quantitative estimate of drug-likeness (QED) is 0.606. The minimum atomic E-state index is -3.62. The van der Waals surface area contributed by atoms with Gasteiger partial charge in [0.2, 0.25) is 10.0 Å². The molecule has 0 unspecified atom stereocenters. The molecule has 0 aliphatic rings. The first-order valence-electron chi connectivity index (χ1n) is 8.32. The minimum absolute atomic E-state index is 0. The van der Waals surface area contributed by atoms with Crippen LogP contribution in [0.2, 0.25) is 0 Å². The Morgan fingerprint density at radius 3 is 2.15 bits per heavy atom. The standard InChI is InChI=1S/C18H24N4O3S.ClH/c1-4-22(5-2)26(24,25)15-10-11-16(20-3)17(12-15)21-18(23)13-6-8-14(19)9-7-13;/h6-12,20H,4-5,19H2,1-3H3,(H,21,23);1H. The molecule has 0 atom stereocenters. The second kappa shape index (κ2) is 9.59. The van der Waals surface area contributed by atoms with Gasteiger partial charge in [-0.1, -0.05) is 13.8 Å². The molecule has 0 saturated carbocycles. The molecule has 148 valence electrons. The number of nitrogen functional groups attached to an aromatic ring is 1. The number of sulfonamides is 1. The lowest BCUT2D eigenvalue weighted by Gasteiger charge is -2.20. The lowest BCUT2D eigenvalue weighted by Crippen LogP contribution is -2.30. The third kappa shape index (κ3) is 5.12. The second-order valence-electron chi connectivity index (χ2n) is 5.62. The molecule has 0 bridgehead atoms. The fourth-order valence-corrected chi connectivity index (χ4v) is 4.03. The van der Waals surface area contributed by atoms with E-state index in [-0.39, 0.29) is 23.2 Å². The van der Waals surface area contributed by atoms with Crippen LogP contribution in [0.4, 0.5) is 17.1 Å². The molecule has 0 aliphatic heterocycles. The van der Waals surface area contributed by atoms with Gasteiger partial charge in [-0.15, -0.1) is 12.4 Å². The average Bonchev–Trinajstić information content (AvgIpc) is 2.63. The van der Waals surface area contributed by atoms with Crippen LogP contribution in [0, 0.1) is 0 Å². The Morgan fingerprint density at radius 1 is 1.04 bits per heavy atom. The summed E-state index contributed by atoms with van der Waals surface area (Å²) in [7, 11) is -1.92. The smallest absolute Gasteiger partial charge is 0.255 e. The van der Waals surface area contributed by atoms with Crippen molar-refractivity contribution in [3.05, 3.63) is 48.0 Å². The topological polar surface area (TPSA) is 105 Å². The summed E-state index contributed by atoms with van der Waals surface area (Å²) in [4.78, 5) is 12.6. The number of anilines is 3. The molecule has 0 heterocycles. The third-order valence-electron chi connectivity index (χ3n) is 4.02. The zero-order valence-electron chi connectivity index (χ0n) is 15.5. The van der Waals surface area contributed by atoms with E-state index in [0.717, 1.165) is 0 Å². The molecule has 2 aromatic carbocycles. The molecule has 0 aliphatic carbocycles. The number of halogens is 1. The molecule has 0 radical (unpaired) electrons. The highest BCUT2D eigenvalue weighted by Crippen LogP contribution is 2.27. The number of amides is 1. The molecule has 0 saturated heterocycles. The maximum Gasteiger partial charge on any atom is 0.255 e. The molecular weight excluding hydrogens is 388 g/mol. The molecule has 7 nitrogen and oxygen atoms in total. The van der Waals surface area contributed by atoms with Crippen molar-refractivity contribution < 1.29 is 13.2 Å². The monoisotopic (exact) mass is 412 g/mol. The molecule has 2 rings (SSSR count). The summed E-state index contributed by atoms with van der Waals surface area (Å²) >= 11 is 0. The van der Waals surface area contributed by atoms with Crippen molar-refractivity contribution in [1.82, 2.24) is 4.31 Å². The van der Waals surface area contributed by atoms with Gasteiger partial charge in [-0.2, -0.15) is 4.31 Å². The van der Waals surface area contributed by atoms with Crippen LogP contribution in [0.1, 0.15) is 24.2 Å². The Labute approximate surface area is 166 Å². The van der Waals surface area contributed by atoms with Crippen molar-refractivity contribution in [2.24, 2.45) is 0 Å². The van der Waals surface area contributed by atoms with Crippen LogP contribution >= 0.6 is 12.4 Å². The van der Waals surface area contributed by atoms with Crippen LogP contribution < -0.4 is 16.4 Å². The Balaban J connectivity index is 0.00000364. The maximum absolute atomic E-state index is 12.7. The van der Waals surface area contributed by atoms with Crippen LogP contribution in [0.5, 0.6) is 0 Å². The van der Waals surface area contributed by atoms with Crippen LogP contribution in [-0.2, 0) is 10.0 Å². The first-order chi connectivity index (χ1) is 12.3. The molecule has 0 fully saturated rings. The van der Waals surface area contributed by atoms with E-state index in [2.05, 4.69) is 10.6 Å². The molecule has 2 aromatic rings. The van der Waals surface area contributed by atoms with E-state index in [1.165, 1.54) is 16.4 Å². The van der Waals surface area contributed by atoms with Gasteiger partial charge in [0.1, 0.15) is 0 Å². The van der Waals surface area contributed by atoms with E-state index in [4.69, 9.17) is 5.73 Å². The highest BCUT2D eigenvalue weighted by Gasteiger charge is 2.23. The predicted octanol–water partition coefficient (Wildman–Crippen LogP) is 3.02. The summed E-state index contributed by atoms with van der Waals surface area (Å²) in [5.74, 6) is -0.348. The van der Waals surface area contributed by atoms with Crippen molar-refractivity contribution in [2.45, 2.75) is 18.7 Å². The summed E-state index contributed by atoms with van der Waals surface area (Å²) in [6, 6.07) is 11.1. The zero-order chi connectivity index (χ0) is 19.3. The number of carbonyl (C=O) groups excluding carboxylic acids is 1. The molecule has 9 heteroatoms. The van der Waals surface area contributed by atoms with Gasteiger partial charge in [0.05, 0.1) is 16.3 Å². The molecular formula is C18H25ClN4O3S. The summed E-state index contributed by atoms with van der Waals surface area (Å²) in [5.41, 5.74) is 7.63. The van der Waals surface area contributed by atoms with Gasteiger partial charge in [0.25, 0.3) is 5.91 Å². The first-order valence-corrected chi connectivity index (χ1v) is 9.76. The van der Waals surface area contributed by atoms with Crippen LogP contribution in [0.3, 0.4) is 0 Å². The largest absolute Gasteiger partial charge is 0.399 e. The number of carbonyl (C=O) groups is 1. The number of nitrogens with one attached hydrogen (secondary N) is 2. The highest BCUT2D eigenvalue weighted by atomic mass is 35.5. The van der Waals surface area contributed by atoms with Crippen LogP contribution in [0.15, 0.2) is 47.4 Å². The van der Waals surface area contributed by atoms with Gasteiger partial charge in [-0.05, 0) is 42.5 Å². The Kier molecular flexibility index (Phi) is 8.08. The summed E-state index contributed by atoms with van der Waals surface area (Å²) in [6.07, 6.45) is 0. The Bertz CT molecular complexity index is 882. The predicted molar refractivity (Wildman–Crippen MR) is 112 cm³/mol. The number of benzene rings is 2. The van der Waals surface area contributed by atoms with Gasteiger partial charge < -0.3 is 16.4 Å². The van der Waals surface area contributed by atoms with Gasteiger partial charge >= 0.3 is 0 Å². The van der Waals surface area contributed by atoms with Crippen LogP contribution in [-0.4, -0.2) is 38.8 Å². The van der Waals surface area contributed by atoms with E-state index in [0.29, 0.717) is 35.7 Å². The van der Waals surface area contributed by atoms with Gasteiger partial charge in [-0.3, -0.25) is 4.79 Å². The minimum Gasteiger partial charge on any atom is -0.399 e. The second-order valence-corrected chi connectivity index (χ2v) is 7.56. The lowest BCUT2D eigenvalue weighted by atomic mass is 10.2. The summed E-state index contributed by atoms with van der Waals surface area (Å²) in [5, 5.41) is 5.71. The SMILES string of the molecule is CCN(CC)S(=O)(=O)c1ccc(NC)c(NC(=O)c2ccc(N)cc2)c1.Cl. The fourth-order valence-electron chi connectivity index (χ4n) is 2.55. The molecule has 4 N–H and O–H groups in total. The number of rotatable bonds is 7. The van der Waals surface area contributed by atoms with Crippen molar-refractivity contribution >= 4 is 45.4 Å². The lowest BCUT2D eigenvalue weighted by molar-refractivity contribution is 0.102. The number of nitrogens with zero attached hydrogens (tertiary/aromatic N) is 1. The van der Waals surface area contributed by atoms with Crippen molar-refractivity contribution in [3.8, 4) is 0 Å². The van der Waals surface area contributed by atoms with Gasteiger partial charge in [0, 0.05) is 31.4 Å². The maximum atomic E-state index is 12.7.